The third-order valence-corrected chi connectivity index (χ3v) is 6.09. The third-order valence-electron chi connectivity index (χ3n) is 5.05. The minimum Gasteiger partial charge on any atom is -0.349 e. The Balaban J connectivity index is 1.61. The van der Waals surface area contributed by atoms with Gasteiger partial charge in [-0.05, 0) is 48.4 Å². The Morgan fingerprint density at radius 1 is 1.16 bits per heavy atom. The van der Waals surface area contributed by atoms with Crippen LogP contribution in [0.5, 0.6) is 0 Å². The lowest BCUT2D eigenvalue weighted by atomic mass is 9.71. The largest absolute Gasteiger partial charge is 0.349 e. The van der Waals surface area contributed by atoms with Crippen LogP contribution >= 0.6 is 11.3 Å². The number of fused-ring (bicyclic) bond motifs is 1. The first kappa shape index (κ1) is 17.9. The number of ketones is 1. The molecule has 1 atom stereocenters. The summed E-state index contributed by atoms with van der Waals surface area (Å²) in [5, 5.41) is 3.14. The summed E-state index contributed by atoms with van der Waals surface area (Å²) in [6.45, 7) is 6.49. The summed E-state index contributed by atoms with van der Waals surface area (Å²) in [6.07, 6.45) is 2.50. The van der Waals surface area contributed by atoms with Crippen molar-refractivity contribution in [3.8, 4) is 0 Å². The van der Waals surface area contributed by atoms with E-state index in [2.05, 4.69) is 37.4 Å². The molecule has 3 rings (SSSR count). The first-order valence-electron chi connectivity index (χ1n) is 8.85. The van der Waals surface area contributed by atoms with E-state index >= 15 is 0 Å². The van der Waals surface area contributed by atoms with E-state index in [-0.39, 0.29) is 36.0 Å². The average Bonchev–Trinajstić information content (AvgIpc) is 3.02. The van der Waals surface area contributed by atoms with Crippen LogP contribution < -0.4 is 5.32 Å². The van der Waals surface area contributed by atoms with Crippen LogP contribution in [0.1, 0.15) is 71.2 Å². The molecule has 3 nitrogen and oxygen atoms in total. The number of hydrogen-bond donors (Lipinski definition) is 1. The molecule has 1 aliphatic rings. The van der Waals surface area contributed by atoms with Crippen molar-refractivity contribution in [2.75, 3.05) is 0 Å². The standard InChI is InChI=1S/C21H25NO2S/c1-14-8-10-19(25-14)18(23)9-11-20(24)22-17-12-13-21(2,3)16-7-5-4-6-15(16)17/h4-8,10,17H,9,11-13H2,1-3H3,(H,22,24). The van der Waals surface area contributed by atoms with Crippen LogP contribution in [0.25, 0.3) is 0 Å². The Labute approximate surface area is 153 Å². The number of rotatable bonds is 5. The zero-order chi connectivity index (χ0) is 18.0. The van der Waals surface area contributed by atoms with Gasteiger partial charge in [0.1, 0.15) is 0 Å². The van der Waals surface area contributed by atoms with Gasteiger partial charge < -0.3 is 5.32 Å². The van der Waals surface area contributed by atoms with Gasteiger partial charge >= 0.3 is 0 Å². The molecule has 1 amide bonds. The van der Waals surface area contributed by atoms with Crippen molar-refractivity contribution >= 4 is 23.0 Å². The number of carbonyl (C=O) groups is 2. The Morgan fingerprint density at radius 2 is 1.92 bits per heavy atom. The fraction of sp³-hybridized carbons (Fsp3) is 0.429. The van der Waals surface area contributed by atoms with E-state index in [1.165, 1.54) is 22.5 Å². The zero-order valence-corrected chi connectivity index (χ0v) is 15.9. The van der Waals surface area contributed by atoms with Crippen LogP contribution in [0, 0.1) is 6.92 Å². The lowest BCUT2D eigenvalue weighted by Crippen LogP contribution is -2.35. The van der Waals surface area contributed by atoms with Crippen molar-refractivity contribution in [3.63, 3.8) is 0 Å². The van der Waals surface area contributed by atoms with Crippen molar-refractivity contribution in [1.29, 1.82) is 0 Å². The number of nitrogens with one attached hydrogen (secondary N) is 1. The Hall–Kier alpha value is -1.94. The predicted octanol–water partition coefficient (Wildman–Crippen LogP) is 4.95. The maximum atomic E-state index is 12.4. The molecule has 0 saturated heterocycles. The van der Waals surface area contributed by atoms with Crippen molar-refractivity contribution in [2.24, 2.45) is 0 Å². The number of aryl methyl sites for hydroxylation is 1. The van der Waals surface area contributed by atoms with Gasteiger partial charge in [0.15, 0.2) is 5.78 Å². The fourth-order valence-electron chi connectivity index (χ4n) is 3.56. The van der Waals surface area contributed by atoms with Crippen molar-refractivity contribution < 1.29 is 9.59 Å². The van der Waals surface area contributed by atoms with Gasteiger partial charge in [-0.1, -0.05) is 38.1 Å². The van der Waals surface area contributed by atoms with Crippen LogP contribution in [0.4, 0.5) is 0 Å². The van der Waals surface area contributed by atoms with Crippen molar-refractivity contribution in [2.45, 2.75) is 57.9 Å². The van der Waals surface area contributed by atoms with Crippen LogP contribution in [0.2, 0.25) is 0 Å². The summed E-state index contributed by atoms with van der Waals surface area (Å²) in [6, 6.07) is 12.2. The van der Waals surface area contributed by atoms with Crippen molar-refractivity contribution in [3.05, 3.63) is 57.3 Å². The van der Waals surface area contributed by atoms with E-state index in [9.17, 15) is 9.59 Å². The van der Waals surface area contributed by atoms with Crippen LogP contribution in [-0.4, -0.2) is 11.7 Å². The van der Waals surface area contributed by atoms with Gasteiger partial charge in [-0.2, -0.15) is 0 Å². The second kappa shape index (κ2) is 7.12. The molecule has 25 heavy (non-hydrogen) atoms. The number of amides is 1. The molecule has 0 fully saturated rings. The summed E-state index contributed by atoms with van der Waals surface area (Å²) in [5.41, 5.74) is 2.68. The molecule has 132 valence electrons. The lowest BCUT2D eigenvalue weighted by molar-refractivity contribution is -0.122. The smallest absolute Gasteiger partial charge is 0.220 e. The molecule has 1 N–H and O–H groups in total. The number of hydrogen-bond acceptors (Lipinski definition) is 3. The summed E-state index contributed by atoms with van der Waals surface area (Å²) < 4.78 is 0. The van der Waals surface area contributed by atoms with Gasteiger partial charge in [0, 0.05) is 17.7 Å². The van der Waals surface area contributed by atoms with Gasteiger partial charge in [-0.25, -0.2) is 0 Å². The van der Waals surface area contributed by atoms with Crippen LogP contribution in [-0.2, 0) is 10.2 Å². The van der Waals surface area contributed by atoms with Gasteiger partial charge in [0.05, 0.1) is 10.9 Å². The van der Waals surface area contributed by atoms with Gasteiger partial charge in [-0.3, -0.25) is 9.59 Å². The second-order valence-corrected chi connectivity index (χ2v) is 8.75. The summed E-state index contributed by atoms with van der Waals surface area (Å²) >= 11 is 1.49. The maximum absolute atomic E-state index is 12.4. The summed E-state index contributed by atoms with van der Waals surface area (Å²) in [7, 11) is 0. The average molecular weight is 356 g/mol. The minimum absolute atomic E-state index is 0.0406. The molecule has 0 spiro atoms. The highest BCUT2D eigenvalue weighted by Crippen LogP contribution is 2.41. The molecule has 0 saturated carbocycles. The molecule has 1 unspecified atom stereocenters. The SMILES string of the molecule is Cc1ccc(C(=O)CCC(=O)NC2CCC(C)(C)c3ccccc32)s1. The number of thiophene rings is 1. The number of benzene rings is 1. The first-order chi connectivity index (χ1) is 11.9. The number of Topliss-reactive ketones (excluding diaryl/α,β-unsaturated/α-hetero) is 1. The molecule has 4 heteroatoms. The van der Waals surface area contributed by atoms with E-state index in [4.69, 9.17) is 0 Å². The molecular formula is C21H25NO2S. The Morgan fingerprint density at radius 3 is 2.64 bits per heavy atom. The van der Waals surface area contributed by atoms with Gasteiger partial charge in [0.25, 0.3) is 0 Å². The molecule has 1 heterocycles. The molecule has 2 aromatic rings. The molecule has 0 aliphatic heterocycles. The summed E-state index contributed by atoms with van der Waals surface area (Å²) in [5.74, 6) is 0.0135. The van der Waals surface area contributed by atoms with E-state index in [0.717, 1.165) is 22.6 Å². The molecule has 1 aromatic heterocycles. The quantitative estimate of drug-likeness (QED) is 0.772. The number of carbonyl (C=O) groups excluding carboxylic acids is 2. The lowest BCUT2D eigenvalue weighted by Gasteiger charge is -2.37. The normalized spacial score (nSPS) is 18.4. The predicted molar refractivity (Wildman–Crippen MR) is 102 cm³/mol. The molecule has 0 radical (unpaired) electrons. The highest BCUT2D eigenvalue weighted by Gasteiger charge is 2.32. The second-order valence-electron chi connectivity index (χ2n) is 7.46. The minimum atomic E-state index is -0.0406. The van der Waals surface area contributed by atoms with Gasteiger partial charge in [-0.15, -0.1) is 11.3 Å². The monoisotopic (exact) mass is 355 g/mol. The van der Waals surface area contributed by atoms with Crippen molar-refractivity contribution in [1.82, 2.24) is 5.32 Å². The van der Waals surface area contributed by atoms with E-state index < -0.39 is 0 Å². The maximum Gasteiger partial charge on any atom is 0.220 e. The third kappa shape index (κ3) is 4.01. The Kier molecular flexibility index (Phi) is 5.09. The fourth-order valence-corrected chi connectivity index (χ4v) is 4.40. The topological polar surface area (TPSA) is 46.2 Å². The first-order valence-corrected chi connectivity index (χ1v) is 9.67. The van der Waals surface area contributed by atoms with Gasteiger partial charge in [0.2, 0.25) is 5.91 Å². The molecular weight excluding hydrogens is 330 g/mol. The molecule has 1 aromatic carbocycles. The summed E-state index contributed by atoms with van der Waals surface area (Å²) in [4.78, 5) is 26.4. The van der Waals surface area contributed by atoms with Crippen LogP contribution in [0.15, 0.2) is 36.4 Å². The van der Waals surface area contributed by atoms with E-state index in [0.29, 0.717) is 0 Å². The van der Waals surface area contributed by atoms with E-state index in [1.807, 2.05) is 25.1 Å². The van der Waals surface area contributed by atoms with E-state index in [1.54, 1.807) is 0 Å². The molecule has 1 aliphatic carbocycles. The molecule has 0 bridgehead atoms. The zero-order valence-electron chi connectivity index (χ0n) is 15.1. The van der Waals surface area contributed by atoms with Crippen LogP contribution in [0.3, 0.4) is 0 Å². The highest BCUT2D eigenvalue weighted by atomic mass is 32.1. The highest BCUT2D eigenvalue weighted by molar-refractivity contribution is 7.14. The Bertz CT molecular complexity index is 791.